The second-order valence-electron chi connectivity index (χ2n) is 6.71. The average Bonchev–Trinajstić information content (AvgIpc) is 3.11. The molecule has 0 heterocycles. The van der Waals surface area contributed by atoms with Crippen molar-refractivity contribution in [3.8, 4) is 0 Å². The molecule has 0 N–H and O–H groups in total. The third-order valence-corrected chi connectivity index (χ3v) is 8.76. The Balaban J connectivity index is 0.000000960. The van der Waals surface area contributed by atoms with E-state index in [0.717, 1.165) is 6.42 Å². The normalized spacial score (nSPS) is 19.8. The van der Waals surface area contributed by atoms with Gasteiger partial charge in [0.25, 0.3) is 0 Å². The molecule has 0 radical (unpaired) electrons. The summed E-state index contributed by atoms with van der Waals surface area (Å²) in [5.74, 6) is 0.515. The van der Waals surface area contributed by atoms with Crippen molar-refractivity contribution in [2.24, 2.45) is 5.92 Å². The number of rotatable bonds is 2. The molecule has 0 aromatic heterocycles. The van der Waals surface area contributed by atoms with E-state index in [9.17, 15) is 0 Å². The maximum atomic E-state index is 2.50. The van der Waals surface area contributed by atoms with Crippen LogP contribution in [0.4, 0.5) is 0 Å². The van der Waals surface area contributed by atoms with Gasteiger partial charge in [0, 0.05) is 5.92 Å². The third kappa shape index (κ3) is 3.73. The van der Waals surface area contributed by atoms with Gasteiger partial charge in [0.15, 0.2) is 0 Å². The molecular formula is C20H20Cl2SiZr. The van der Waals surface area contributed by atoms with Crippen LogP contribution < -0.4 is 24.8 Å². The molecule has 0 amide bonds. The Hall–Kier alpha value is -0.400. The summed E-state index contributed by atoms with van der Waals surface area (Å²) in [4.78, 5) is 0. The standard InChI is InChI=1S/C20H20Si.2ClH.Zr/c1-21(2,19-11-15-7-3-4-8-16(15)12-19)20-13-17-9-5-6-10-18(17)14-20;;;/h3-13,15H,14H2,1-2H3;2*1H;/q;;;+2/p-2. The van der Waals surface area contributed by atoms with Crippen LogP contribution in [0, 0.1) is 5.92 Å². The minimum Gasteiger partial charge on any atom is -1.00 e. The summed E-state index contributed by atoms with van der Waals surface area (Å²) in [6, 6.07) is 8.83. The van der Waals surface area contributed by atoms with E-state index in [1.807, 2.05) is 0 Å². The van der Waals surface area contributed by atoms with E-state index in [1.165, 1.54) is 16.7 Å². The van der Waals surface area contributed by atoms with Crippen molar-refractivity contribution >= 4 is 14.1 Å². The zero-order valence-electron chi connectivity index (χ0n) is 13.9. The van der Waals surface area contributed by atoms with Gasteiger partial charge < -0.3 is 24.8 Å². The summed E-state index contributed by atoms with van der Waals surface area (Å²) >= 11 is 0. The molecule has 3 aliphatic rings. The zero-order valence-corrected chi connectivity index (χ0v) is 18.9. The van der Waals surface area contributed by atoms with Gasteiger partial charge in [0.05, 0.1) is 0 Å². The number of allylic oxidation sites excluding steroid dienone is 9. The van der Waals surface area contributed by atoms with Gasteiger partial charge in [-0.2, -0.15) is 0 Å². The van der Waals surface area contributed by atoms with Gasteiger partial charge in [-0.15, -0.1) is 0 Å². The van der Waals surface area contributed by atoms with Crippen molar-refractivity contribution in [1.29, 1.82) is 0 Å². The molecule has 0 saturated heterocycles. The SMILES string of the molecule is C[Si](C)(C1=CC2C=CC=CC2=C1)C1=Cc2ccccc2C1.[Cl-].[Cl-].[Zr+2]. The second-order valence-corrected chi connectivity index (χ2v) is 11.2. The van der Waals surface area contributed by atoms with Gasteiger partial charge in [-0.05, 0) is 23.1 Å². The van der Waals surface area contributed by atoms with Crippen LogP contribution in [0.15, 0.2) is 76.7 Å². The smallest absolute Gasteiger partial charge is 1.00 e. The summed E-state index contributed by atoms with van der Waals surface area (Å²) in [6.07, 6.45) is 17.4. The number of fused-ring (bicyclic) bond motifs is 2. The van der Waals surface area contributed by atoms with Gasteiger partial charge in [-0.3, -0.25) is 0 Å². The Labute approximate surface area is 177 Å². The van der Waals surface area contributed by atoms with Gasteiger partial charge in [0.1, 0.15) is 8.07 Å². The van der Waals surface area contributed by atoms with E-state index < -0.39 is 8.07 Å². The third-order valence-electron chi connectivity index (χ3n) is 5.07. The van der Waals surface area contributed by atoms with E-state index >= 15 is 0 Å². The van der Waals surface area contributed by atoms with Crippen LogP contribution >= 0.6 is 0 Å². The van der Waals surface area contributed by atoms with E-state index in [-0.39, 0.29) is 51.0 Å². The van der Waals surface area contributed by atoms with Crippen molar-refractivity contribution in [2.45, 2.75) is 19.5 Å². The average molecular weight is 451 g/mol. The van der Waals surface area contributed by atoms with Gasteiger partial charge >= 0.3 is 26.2 Å². The fraction of sp³-hybridized carbons (Fsp3) is 0.200. The molecule has 0 spiro atoms. The molecule has 3 aliphatic carbocycles. The molecule has 0 saturated carbocycles. The Kier molecular flexibility index (Phi) is 7.50. The predicted octanol–water partition coefficient (Wildman–Crippen LogP) is -0.973. The summed E-state index contributed by atoms with van der Waals surface area (Å²) < 4.78 is 0. The summed E-state index contributed by atoms with van der Waals surface area (Å²) in [7, 11) is -1.55. The van der Waals surface area contributed by atoms with Crippen LogP contribution in [0.1, 0.15) is 11.1 Å². The number of benzene rings is 1. The summed E-state index contributed by atoms with van der Waals surface area (Å²) in [5, 5.41) is 3.26. The van der Waals surface area contributed by atoms with Gasteiger partial charge in [-0.1, -0.05) is 90.3 Å². The van der Waals surface area contributed by atoms with Crippen LogP contribution in [-0.2, 0) is 32.6 Å². The molecule has 1 atom stereocenters. The zero-order chi connectivity index (χ0) is 14.4. The first-order valence-electron chi connectivity index (χ1n) is 7.72. The first-order valence-corrected chi connectivity index (χ1v) is 10.7. The molecular weight excluding hydrogens is 430 g/mol. The number of hydrogen-bond donors (Lipinski definition) is 0. The summed E-state index contributed by atoms with van der Waals surface area (Å²) in [6.45, 7) is 5.00. The van der Waals surface area contributed by atoms with E-state index in [1.54, 1.807) is 10.4 Å². The summed E-state index contributed by atoms with van der Waals surface area (Å²) in [5.41, 5.74) is 4.39. The first-order chi connectivity index (χ1) is 10.1. The maximum Gasteiger partial charge on any atom is 2.00 e. The van der Waals surface area contributed by atoms with Crippen LogP contribution in [0.2, 0.25) is 13.1 Å². The predicted molar refractivity (Wildman–Crippen MR) is 93.5 cm³/mol. The van der Waals surface area contributed by atoms with Crippen molar-refractivity contribution in [3.05, 3.63) is 87.8 Å². The maximum absolute atomic E-state index is 2.50. The van der Waals surface area contributed by atoms with Crippen LogP contribution in [0.25, 0.3) is 6.08 Å². The van der Waals surface area contributed by atoms with E-state index in [4.69, 9.17) is 0 Å². The Bertz CT molecular complexity index is 770. The fourth-order valence-corrected chi connectivity index (χ4v) is 6.19. The van der Waals surface area contributed by atoms with Crippen molar-refractivity contribution in [1.82, 2.24) is 0 Å². The van der Waals surface area contributed by atoms with Crippen molar-refractivity contribution < 1.29 is 51.0 Å². The molecule has 0 aliphatic heterocycles. The van der Waals surface area contributed by atoms with Crippen molar-refractivity contribution in [3.63, 3.8) is 0 Å². The van der Waals surface area contributed by atoms with Crippen LogP contribution in [-0.4, -0.2) is 8.07 Å². The Morgan fingerprint density at radius 3 is 2.46 bits per heavy atom. The van der Waals surface area contributed by atoms with Gasteiger partial charge in [-0.25, -0.2) is 0 Å². The fourth-order valence-electron chi connectivity index (χ4n) is 3.55. The number of halogens is 2. The van der Waals surface area contributed by atoms with Crippen molar-refractivity contribution in [2.75, 3.05) is 0 Å². The minimum absolute atomic E-state index is 0. The van der Waals surface area contributed by atoms with Crippen LogP contribution in [0.3, 0.4) is 0 Å². The molecule has 0 nitrogen and oxygen atoms in total. The Morgan fingerprint density at radius 1 is 1.00 bits per heavy atom. The molecule has 0 fully saturated rings. The minimum atomic E-state index is -1.55. The first kappa shape index (κ1) is 21.6. The van der Waals surface area contributed by atoms with E-state index in [2.05, 4.69) is 79.9 Å². The van der Waals surface area contributed by atoms with E-state index in [0.29, 0.717) is 5.92 Å². The molecule has 1 aromatic rings. The molecule has 24 heavy (non-hydrogen) atoms. The molecule has 1 unspecified atom stereocenters. The second kappa shape index (κ2) is 8.32. The topological polar surface area (TPSA) is 0 Å². The molecule has 4 rings (SSSR count). The Morgan fingerprint density at radius 2 is 1.75 bits per heavy atom. The monoisotopic (exact) mass is 448 g/mol. The number of hydrogen-bond acceptors (Lipinski definition) is 0. The molecule has 122 valence electrons. The molecule has 4 heteroatoms. The molecule has 1 aromatic carbocycles. The quantitative estimate of drug-likeness (QED) is 0.509. The van der Waals surface area contributed by atoms with Crippen LogP contribution in [0.5, 0.6) is 0 Å². The largest absolute Gasteiger partial charge is 2.00 e. The molecule has 0 bridgehead atoms. The van der Waals surface area contributed by atoms with Gasteiger partial charge in [0.2, 0.25) is 0 Å².